The van der Waals surface area contributed by atoms with E-state index in [1.807, 2.05) is 0 Å². The van der Waals surface area contributed by atoms with Gasteiger partial charge in [0, 0.05) is 45.1 Å². The second kappa shape index (κ2) is 9.03. The lowest BCUT2D eigenvalue weighted by atomic mass is 9.54. The number of rotatable bonds is 6. The lowest BCUT2D eigenvalue weighted by molar-refractivity contribution is -0.137. The molecule has 6 aliphatic rings. The zero-order valence-corrected chi connectivity index (χ0v) is 19.6. The molecule has 174 valence electrons. The highest BCUT2D eigenvalue weighted by Crippen LogP contribution is 2.54. The van der Waals surface area contributed by atoms with Gasteiger partial charge in [-0.15, -0.1) is 0 Å². The number of hydrogen-bond acceptors (Lipinski definition) is 3. The van der Waals surface area contributed by atoms with Crippen LogP contribution in [0.4, 0.5) is 0 Å². The van der Waals surface area contributed by atoms with Gasteiger partial charge in [0.05, 0.1) is 0 Å². The van der Waals surface area contributed by atoms with Crippen molar-refractivity contribution >= 4 is 11.8 Å². The van der Waals surface area contributed by atoms with E-state index in [0.717, 1.165) is 69.2 Å². The quantitative estimate of drug-likeness (QED) is 0.698. The van der Waals surface area contributed by atoms with Crippen LogP contribution in [0.3, 0.4) is 0 Å². The van der Waals surface area contributed by atoms with E-state index in [2.05, 4.69) is 22.0 Å². The molecule has 1 aliphatic heterocycles. The zero-order valence-electron chi connectivity index (χ0n) is 19.6. The molecule has 5 aliphatic carbocycles. The maximum Gasteiger partial charge on any atom is 0.223 e. The van der Waals surface area contributed by atoms with E-state index in [1.165, 1.54) is 51.4 Å². The van der Waals surface area contributed by atoms with Gasteiger partial charge in [-0.25, -0.2) is 0 Å². The third-order valence-corrected chi connectivity index (χ3v) is 9.70. The summed E-state index contributed by atoms with van der Waals surface area (Å²) >= 11 is 0. The van der Waals surface area contributed by atoms with Gasteiger partial charge in [-0.2, -0.15) is 0 Å². The van der Waals surface area contributed by atoms with Crippen molar-refractivity contribution in [2.75, 3.05) is 32.7 Å². The molecule has 0 atom stereocenters. The molecule has 2 amide bonds. The molecule has 6 rings (SSSR count). The zero-order chi connectivity index (χ0) is 21.4. The molecule has 5 nitrogen and oxygen atoms in total. The van der Waals surface area contributed by atoms with Crippen LogP contribution in [0.5, 0.6) is 0 Å². The summed E-state index contributed by atoms with van der Waals surface area (Å²) in [5.74, 6) is 3.85. The van der Waals surface area contributed by atoms with Crippen LogP contribution in [0.2, 0.25) is 0 Å². The van der Waals surface area contributed by atoms with Gasteiger partial charge in [0.25, 0.3) is 0 Å². The lowest BCUT2D eigenvalue weighted by Gasteiger charge is -2.54. The molecule has 0 aromatic heterocycles. The second-order valence-corrected chi connectivity index (χ2v) is 11.8. The summed E-state index contributed by atoms with van der Waals surface area (Å²) in [5.41, 5.74) is -0.104. The monoisotopic (exact) mass is 429 g/mol. The number of piperazine rings is 1. The second-order valence-electron chi connectivity index (χ2n) is 11.8. The molecule has 1 N–H and O–H groups in total. The molecule has 31 heavy (non-hydrogen) atoms. The minimum atomic E-state index is -0.104. The first-order valence-corrected chi connectivity index (χ1v) is 13.3. The van der Waals surface area contributed by atoms with Crippen molar-refractivity contribution in [3.63, 3.8) is 0 Å². The normalized spacial score (nSPS) is 37.1. The summed E-state index contributed by atoms with van der Waals surface area (Å²) in [6, 6.07) is 0.416. The van der Waals surface area contributed by atoms with E-state index in [1.54, 1.807) is 0 Å². The molecule has 0 aromatic rings. The molecule has 1 heterocycles. The van der Waals surface area contributed by atoms with Crippen molar-refractivity contribution in [1.82, 2.24) is 15.1 Å². The smallest absolute Gasteiger partial charge is 0.223 e. The molecule has 6 fully saturated rings. The van der Waals surface area contributed by atoms with Crippen molar-refractivity contribution < 1.29 is 9.59 Å². The summed E-state index contributed by atoms with van der Waals surface area (Å²) in [4.78, 5) is 31.0. The van der Waals surface area contributed by atoms with E-state index < -0.39 is 0 Å². The molecule has 0 spiro atoms. The lowest BCUT2D eigenvalue weighted by Crippen LogP contribution is -2.56. The van der Waals surface area contributed by atoms with Crippen LogP contribution in [-0.2, 0) is 9.59 Å². The Morgan fingerprint density at radius 1 is 0.839 bits per heavy atom. The van der Waals surface area contributed by atoms with Crippen molar-refractivity contribution in [3.8, 4) is 0 Å². The number of hydrogen-bond donors (Lipinski definition) is 1. The number of nitrogens with one attached hydrogen (secondary N) is 1. The number of carbonyl (C=O) groups is 2. The van der Waals surface area contributed by atoms with Crippen molar-refractivity contribution in [2.45, 2.75) is 90.0 Å². The largest absolute Gasteiger partial charge is 0.353 e. The Morgan fingerprint density at radius 2 is 1.45 bits per heavy atom. The van der Waals surface area contributed by atoms with Crippen LogP contribution in [0.1, 0.15) is 84.0 Å². The Balaban J connectivity index is 1.19. The molecule has 0 radical (unpaired) electrons. The SMILES string of the molecule is CCN1CCN(C(=O)CC2(CC(=O)NC3C4CC5CC(C4)CC3C5)CCCCC2)CC1. The highest BCUT2D eigenvalue weighted by atomic mass is 16.2. The van der Waals surface area contributed by atoms with Gasteiger partial charge >= 0.3 is 0 Å². The molecule has 0 aromatic carbocycles. The van der Waals surface area contributed by atoms with Gasteiger partial charge in [0.2, 0.25) is 11.8 Å². The first kappa shape index (κ1) is 21.7. The predicted molar refractivity (Wildman–Crippen MR) is 122 cm³/mol. The molecular weight excluding hydrogens is 386 g/mol. The van der Waals surface area contributed by atoms with Gasteiger partial charge < -0.3 is 15.1 Å². The van der Waals surface area contributed by atoms with Gasteiger partial charge in [-0.1, -0.05) is 26.2 Å². The summed E-state index contributed by atoms with van der Waals surface area (Å²) in [6.07, 6.45) is 13.6. The minimum Gasteiger partial charge on any atom is -0.353 e. The van der Waals surface area contributed by atoms with Gasteiger partial charge in [0.1, 0.15) is 0 Å². The van der Waals surface area contributed by atoms with E-state index >= 15 is 0 Å². The van der Waals surface area contributed by atoms with Crippen molar-refractivity contribution in [2.24, 2.45) is 29.1 Å². The fraction of sp³-hybridized carbons (Fsp3) is 0.923. The van der Waals surface area contributed by atoms with E-state index in [9.17, 15) is 9.59 Å². The molecule has 1 saturated heterocycles. The highest BCUT2D eigenvalue weighted by Gasteiger charge is 2.49. The molecular formula is C26H43N3O2. The number of amides is 2. The maximum absolute atomic E-state index is 13.3. The molecule has 4 bridgehead atoms. The number of nitrogens with zero attached hydrogens (tertiary/aromatic N) is 2. The van der Waals surface area contributed by atoms with Crippen molar-refractivity contribution in [1.29, 1.82) is 0 Å². The van der Waals surface area contributed by atoms with Crippen molar-refractivity contribution in [3.05, 3.63) is 0 Å². The molecule has 5 saturated carbocycles. The standard InChI is InChI=1S/C26H43N3O2/c1-2-28-8-10-29(11-9-28)24(31)18-26(6-4-3-5-7-26)17-23(30)27-25-21-13-19-12-20(15-21)16-22(25)14-19/h19-22,25H,2-18H2,1H3,(H,27,30). The summed E-state index contributed by atoms with van der Waals surface area (Å²) < 4.78 is 0. The molecule has 0 unspecified atom stereocenters. The third-order valence-electron chi connectivity index (χ3n) is 9.70. The van der Waals surface area contributed by atoms with Crippen LogP contribution in [0.15, 0.2) is 0 Å². The fourth-order valence-electron chi connectivity index (χ4n) is 8.20. The van der Waals surface area contributed by atoms with Gasteiger partial charge in [-0.3, -0.25) is 9.59 Å². The summed E-state index contributed by atoms with van der Waals surface area (Å²) in [7, 11) is 0. The third kappa shape index (κ3) is 4.67. The van der Waals surface area contributed by atoms with Crippen LogP contribution in [0, 0.1) is 29.1 Å². The summed E-state index contributed by atoms with van der Waals surface area (Å²) in [6.45, 7) is 6.93. The Morgan fingerprint density at radius 3 is 2.03 bits per heavy atom. The van der Waals surface area contributed by atoms with Gasteiger partial charge in [0.15, 0.2) is 0 Å². The van der Waals surface area contributed by atoms with E-state index in [-0.39, 0.29) is 11.3 Å². The van der Waals surface area contributed by atoms with Crippen LogP contribution in [-0.4, -0.2) is 60.4 Å². The highest BCUT2D eigenvalue weighted by molar-refractivity contribution is 5.81. The minimum absolute atomic E-state index is 0.104. The Bertz CT molecular complexity index is 636. The average molecular weight is 430 g/mol. The maximum atomic E-state index is 13.3. The summed E-state index contributed by atoms with van der Waals surface area (Å²) in [5, 5.41) is 3.53. The number of carbonyl (C=O) groups excluding carboxylic acids is 2. The van der Waals surface area contributed by atoms with Crippen LogP contribution in [0.25, 0.3) is 0 Å². The Labute approximate surface area is 188 Å². The Hall–Kier alpha value is -1.10. The first-order chi connectivity index (χ1) is 15.0. The number of likely N-dealkylation sites (N-methyl/N-ethyl adjacent to an activating group) is 1. The average Bonchev–Trinajstić information content (AvgIpc) is 2.76. The van der Waals surface area contributed by atoms with E-state index in [4.69, 9.17) is 0 Å². The van der Waals surface area contributed by atoms with E-state index in [0.29, 0.717) is 24.8 Å². The Kier molecular flexibility index (Phi) is 6.33. The van der Waals surface area contributed by atoms with Gasteiger partial charge in [-0.05, 0) is 80.6 Å². The fourth-order valence-corrected chi connectivity index (χ4v) is 8.20. The molecule has 5 heteroatoms. The van der Waals surface area contributed by atoms with Crippen LogP contribution >= 0.6 is 0 Å². The predicted octanol–water partition coefficient (Wildman–Crippen LogP) is 3.82. The topological polar surface area (TPSA) is 52.7 Å². The first-order valence-electron chi connectivity index (χ1n) is 13.3. The van der Waals surface area contributed by atoms with Crippen LogP contribution < -0.4 is 5.32 Å².